The van der Waals surface area contributed by atoms with Crippen molar-refractivity contribution >= 4 is 34.1 Å². The summed E-state index contributed by atoms with van der Waals surface area (Å²) in [5, 5.41) is 0. The van der Waals surface area contributed by atoms with Gasteiger partial charge in [-0.15, -0.1) is 0 Å². The van der Waals surface area contributed by atoms with E-state index in [-0.39, 0.29) is 4.75 Å². The number of nitrogens with zero attached hydrogens (tertiary/aromatic N) is 1. The Morgan fingerprint density at radius 2 is 1.93 bits per heavy atom. The fraction of sp³-hybridized carbons (Fsp3) is 0.545. The standard InChI is InChI=1S/C9H12BrNOS.C2H6/c1-9(2,3)13-11-6-7-4-5-8(10)12-7;1-2/h4-6H,1-3H3;1-2H3/b11-6+;. The monoisotopic (exact) mass is 291 g/mol. The molecule has 1 aromatic rings. The number of rotatable bonds is 2. The van der Waals surface area contributed by atoms with E-state index in [0.29, 0.717) is 0 Å². The van der Waals surface area contributed by atoms with Crippen LogP contribution in [0, 0.1) is 0 Å². The van der Waals surface area contributed by atoms with Gasteiger partial charge in [-0.3, -0.25) is 0 Å². The molecule has 0 N–H and O–H groups in total. The molecular formula is C11H18BrNOS. The van der Waals surface area contributed by atoms with E-state index < -0.39 is 0 Å². The first-order chi connectivity index (χ1) is 6.97. The molecule has 0 aliphatic carbocycles. The lowest BCUT2D eigenvalue weighted by Gasteiger charge is -2.11. The molecule has 0 radical (unpaired) electrons. The minimum atomic E-state index is 0.153. The van der Waals surface area contributed by atoms with Crippen molar-refractivity contribution in [3.05, 3.63) is 22.6 Å². The molecule has 2 nitrogen and oxygen atoms in total. The predicted octanol–water partition coefficient (Wildman–Crippen LogP) is 4.93. The van der Waals surface area contributed by atoms with Gasteiger partial charge in [-0.1, -0.05) is 13.8 Å². The smallest absolute Gasteiger partial charge is 0.169 e. The highest BCUT2D eigenvalue weighted by Crippen LogP contribution is 2.24. The zero-order valence-corrected chi connectivity index (χ0v) is 12.3. The predicted molar refractivity (Wildman–Crippen MR) is 72.7 cm³/mol. The van der Waals surface area contributed by atoms with Crippen molar-refractivity contribution in [2.45, 2.75) is 39.4 Å². The van der Waals surface area contributed by atoms with Gasteiger partial charge in [0.25, 0.3) is 0 Å². The topological polar surface area (TPSA) is 25.5 Å². The Kier molecular flexibility index (Phi) is 7.02. The molecule has 1 heterocycles. The zero-order valence-electron chi connectivity index (χ0n) is 9.87. The molecule has 0 aliphatic heterocycles. The SMILES string of the molecule is CC.CC(C)(C)S/N=C/c1ccc(Br)o1. The van der Waals surface area contributed by atoms with E-state index in [9.17, 15) is 0 Å². The fourth-order valence-corrected chi connectivity index (χ4v) is 1.43. The lowest BCUT2D eigenvalue weighted by atomic mass is 10.3. The Balaban J connectivity index is 0.000000921. The van der Waals surface area contributed by atoms with E-state index >= 15 is 0 Å². The van der Waals surface area contributed by atoms with E-state index in [1.54, 1.807) is 6.21 Å². The van der Waals surface area contributed by atoms with Crippen LogP contribution >= 0.6 is 27.9 Å². The lowest BCUT2D eigenvalue weighted by Crippen LogP contribution is -2.04. The minimum Gasteiger partial charge on any atom is -0.448 e. The van der Waals surface area contributed by atoms with Crippen molar-refractivity contribution in [1.82, 2.24) is 0 Å². The second-order valence-corrected chi connectivity index (χ2v) is 5.98. The first-order valence-corrected chi connectivity index (χ1v) is 6.51. The van der Waals surface area contributed by atoms with Crippen LogP contribution in [-0.2, 0) is 0 Å². The molecule has 0 saturated heterocycles. The van der Waals surface area contributed by atoms with Gasteiger partial charge in [0.1, 0.15) is 5.76 Å². The average Bonchev–Trinajstić information content (AvgIpc) is 2.53. The summed E-state index contributed by atoms with van der Waals surface area (Å²) in [5.74, 6) is 0.767. The number of halogens is 1. The molecule has 4 heteroatoms. The molecule has 15 heavy (non-hydrogen) atoms. The second kappa shape index (κ2) is 7.12. The molecule has 0 atom stereocenters. The van der Waals surface area contributed by atoms with Gasteiger partial charge >= 0.3 is 0 Å². The van der Waals surface area contributed by atoms with Crippen LogP contribution in [0.2, 0.25) is 0 Å². The molecule has 1 aromatic heterocycles. The summed E-state index contributed by atoms with van der Waals surface area (Å²) in [5.41, 5.74) is 0. The normalized spacial score (nSPS) is 11.3. The van der Waals surface area contributed by atoms with Gasteiger partial charge in [-0.2, -0.15) is 0 Å². The third kappa shape index (κ3) is 7.68. The Labute approximate surface area is 105 Å². The molecule has 0 spiro atoms. The van der Waals surface area contributed by atoms with Gasteiger partial charge in [0.05, 0.1) is 6.21 Å². The molecule has 0 aromatic carbocycles. The van der Waals surface area contributed by atoms with Gasteiger partial charge in [-0.25, -0.2) is 4.40 Å². The highest BCUT2D eigenvalue weighted by Gasteiger charge is 2.09. The third-order valence-corrected chi connectivity index (χ3v) is 2.29. The summed E-state index contributed by atoms with van der Waals surface area (Å²) in [6, 6.07) is 3.72. The molecule has 86 valence electrons. The summed E-state index contributed by atoms with van der Waals surface area (Å²) in [7, 11) is 0. The van der Waals surface area contributed by atoms with E-state index in [1.165, 1.54) is 11.9 Å². The van der Waals surface area contributed by atoms with Crippen LogP contribution in [0.25, 0.3) is 0 Å². The quantitative estimate of drug-likeness (QED) is 0.570. The zero-order chi connectivity index (χ0) is 11.9. The van der Waals surface area contributed by atoms with Gasteiger partial charge in [0, 0.05) is 4.75 Å². The molecule has 1 rings (SSSR count). The van der Waals surface area contributed by atoms with Crippen molar-refractivity contribution in [3.63, 3.8) is 0 Å². The summed E-state index contributed by atoms with van der Waals surface area (Å²) >= 11 is 4.76. The van der Waals surface area contributed by atoms with Crippen LogP contribution in [0.1, 0.15) is 40.4 Å². The fourth-order valence-electron chi connectivity index (χ4n) is 0.634. The highest BCUT2D eigenvalue weighted by atomic mass is 79.9. The largest absolute Gasteiger partial charge is 0.448 e. The summed E-state index contributed by atoms with van der Waals surface area (Å²) in [4.78, 5) is 0. The Bertz CT molecular complexity index is 302. The van der Waals surface area contributed by atoms with Crippen molar-refractivity contribution in [2.24, 2.45) is 4.40 Å². The second-order valence-electron chi connectivity index (χ2n) is 3.58. The number of furan rings is 1. The van der Waals surface area contributed by atoms with Gasteiger partial charge < -0.3 is 4.42 Å². The van der Waals surface area contributed by atoms with Crippen molar-refractivity contribution in [2.75, 3.05) is 0 Å². The molecule has 0 unspecified atom stereocenters. The molecule has 0 aliphatic rings. The van der Waals surface area contributed by atoms with Crippen molar-refractivity contribution in [1.29, 1.82) is 0 Å². The van der Waals surface area contributed by atoms with E-state index in [1.807, 2.05) is 26.0 Å². The van der Waals surface area contributed by atoms with Crippen LogP contribution < -0.4 is 0 Å². The first kappa shape index (κ1) is 14.8. The van der Waals surface area contributed by atoms with Crippen LogP contribution in [0.3, 0.4) is 0 Å². The van der Waals surface area contributed by atoms with Crippen molar-refractivity contribution < 1.29 is 4.42 Å². The van der Waals surface area contributed by atoms with Gasteiger partial charge in [0.15, 0.2) is 4.67 Å². The van der Waals surface area contributed by atoms with Crippen LogP contribution in [0.5, 0.6) is 0 Å². The lowest BCUT2D eigenvalue weighted by molar-refractivity contribution is 0.535. The maximum absolute atomic E-state index is 5.25. The molecule has 0 bridgehead atoms. The minimum absolute atomic E-state index is 0.153. The van der Waals surface area contributed by atoms with Crippen molar-refractivity contribution in [3.8, 4) is 0 Å². The first-order valence-electron chi connectivity index (χ1n) is 4.94. The van der Waals surface area contributed by atoms with Gasteiger partial charge in [0.2, 0.25) is 0 Å². The van der Waals surface area contributed by atoms with Crippen LogP contribution in [0.4, 0.5) is 0 Å². The molecular weight excluding hydrogens is 274 g/mol. The molecule has 0 amide bonds. The Morgan fingerprint density at radius 3 is 2.33 bits per heavy atom. The van der Waals surface area contributed by atoms with Gasteiger partial charge in [-0.05, 0) is 60.8 Å². The van der Waals surface area contributed by atoms with E-state index in [2.05, 4.69) is 41.1 Å². The Morgan fingerprint density at radius 1 is 1.33 bits per heavy atom. The maximum atomic E-state index is 5.25. The summed E-state index contributed by atoms with van der Waals surface area (Å²) in [6.07, 6.45) is 1.72. The van der Waals surface area contributed by atoms with E-state index in [0.717, 1.165) is 10.4 Å². The maximum Gasteiger partial charge on any atom is 0.169 e. The van der Waals surface area contributed by atoms with Crippen LogP contribution in [-0.4, -0.2) is 11.0 Å². The van der Waals surface area contributed by atoms with E-state index in [4.69, 9.17) is 4.42 Å². The molecule has 0 saturated carbocycles. The third-order valence-electron chi connectivity index (χ3n) is 1.10. The highest BCUT2D eigenvalue weighted by molar-refractivity contribution is 9.10. The number of hydrogen-bond acceptors (Lipinski definition) is 3. The number of hydrogen-bond donors (Lipinski definition) is 0. The summed E-state index contributed by atoms with van der Waals surface area (Å²) < 4.78 is 10.3. The van der Waals surface area contributed by atoms with Crippen LogP contribution in [0.15, 0.2) is 25.6 Å². The Hall–Kier alpha value is -0.220. The summed E-state index contributed by atoms with van der Waals surface area (Å²) in [6.45, 7) is 10.4. The average molecular weight is 292 g/mol. The molecule has 0 fully saturated rings.